The first kappa shape index (κ1) is 17.3. The topological polar surface area (TPSA) is 12.9 Å². The van der Waals surface area contributed by atoms with Crippen molar-refractivity contribution in [2.75, 3.05) is 0 Å². The third-order valence-corrected chi connectivity index (χ3v) is 5.57. The summed E-state index contributed by atoms with van der Waals surface area (Å²) in [5.41, 5.74) is 5.69. The van der Waals surface area contributed by atoms with Gasteiger partial charge in [0.05, 0.1) is 5.69 Å². The molecule has 1 aromatic heterocycles. The minimum Gasteiger partial charge on any atom is -0.264 e. The molecule has 0 saturated heterocycles. The number of pyridine rings is 1. The lowest BCUT2D eigenvalue weighted by molar-refractivity contribution is 0.319. The molecule has 2 aromatic rings. The van der Waals surface area contributed by atoms with Crippen molar-refractivity contribution in [3.05, 3.63) is 47.5 Å². The monoisotopic (exact) mass is 317 g/mol. The zero-order valence-electron chi connectivity index (χ0n) is 15.5. The standard InChI is InChI=1S/C22H28BN/c1-21(2,3)18-12-13-19(24-20(18)23)16-8-10-17(11-9-16)22(4)14-6-5-7-15-22/h8-13H,5-7,14-15H2,1-4H3. The molecule has 0 atom stereocenters. The second-order valence-electron chi connectivity index (χ2n) is 8.58. The first-order valence-corrected chi connectivity index (χ1v) is 9.18. The van der Waals surface area contributed by atoms with E-state index in [0.29, 0.717) is 11.0 Å². The first-order valence-electron chi connectivity index (χ1n) is 9.18. The van der Waals surface area contributed by atoms with E-state index < -0.39 is 0 Å². The zero-order valence-corrected chi connectivity index (χ0v) is 15.5. The van der Waals surface area contributed by atoms with Gasteiger partial charge in [-0.3, -0.25) is 4.98 Å². The summed E-state index contributed by atoms with van der Waals surface area (Å²) < 4.78 is 0. The lowest BCUT2D eigenvalue weighted by atomic mass is 9.71. The third-order valence-electron chi connectivity index (χ3n) is 5.57. The maximum atomic E-state index is 6.20. The molecule has 1 nitrogen and oxygen atoms in total. The number of hydrogen-bond acceptors (Lipinski definition) is 1. The molecule has 2 heteroatoms. The molecule has 1 aromatic carbocycles. The molecule has 0 amide bonds. The van der Waals surface area contributed by atoms with Crippen molar-refractivity contribution in [3.8, 4) is 11.3 Å². The number of aromatic nitrogens is 1. The van der Waals surface area contributed by atoms with Gasteiger partial charge in [0.25, 0.3) is 0 Å². The van der Waals surface area contributed by atoms with Crippen molar-refractivity contribution in [2.24, 2.45) is 0 Å². The van der Waals surface area contributed by atoms with Crippen LogP contribution in [0.2, 0.25) is 0 Å². The maximum Gasteiger partial charge on any atom is 0.142 e. The quantitative estimate of drug-likeness (QED) is 0.705. The summed E-state index contributed by atoms with van der Waals surface area (Å²) in [5, 5.41) is 0. The summed E-state index contributed by atoms with van der Waals surface area (Å²) in [6.45, 7) is 8.91. The molecule has 1 aliphatic rings. The molecule has 1 heterocycles. The van der Waals surface area contributed by atoms with Crippen LogP contribution in [0, 0.1) is 0 Å². The highest BCUT2D eigenvalue weighted by Gasteiger charge is 2.28. The molecule has 2 radical (unpaired) electrons. The molecule has 124 valence electrons. The fraction of sp³-hybridized carbons (Fsp3) is 0.500. The Hall–Kier alpha value is -1.57. The second-order valence-corrected chi connectivity index (χ2v) is 8.58. The Balaban J connectivity index is 1.87. The van der Waals surface area contributed by atoms with Crippen LogP contribution in [0.15, 0.2) is 36.4 Å². The molecule has 1 aliphatic carbocycles. The van der Waals surface area contributed by atoms with E-state index >= 15 is 0 Å². The molecule has 0 bridgehead atoms. The van der Waals surface area contributed by atoms with Crippen molar-refractivity contribution in [2.45, 2.75) is 70.6 Å². The number of nitrogens with zero attached hydrogens (tertiary/aromatic N) is 1. The fourth-order valence-corrected chi connectivity index (χ4v) is 3.93. The maximum absolute atomic E-state index is 6.20. The van der Waals surface area contributed by atoms with Crippen LogP contribution in [-0.2, 0) is 10.8 Å². The van der Waals surface area contributed by atoms with E-state index in [-0.39, 0.29) is 5.41 Å². The van der Waals surface area contributed by atoms with Gasteiger partial charge in [-0.25, -0.2) is 0 Å². The Bertz CT molecular complexity index is 704. The van der Waals surface area contributed by atoms with Gasteiger partial charge in [-0.2, -0.15) is 0 Å². The van der Waals surface area contributed by atoms with Crippen LogP contribution >= 0.6 is 0 Å². The van der Waals surface area contributed by atoms with Gasteiger partial charge in [0.1, 0.15) is 7.85 Å². The number of rotatable bonds is 2. The molecule has 0 spiro atoms. The molecule has 1 fully saturated rings. The molecule has 24 heavy (non-hydrogen) atoms. The summed E-state index contributed by atoms with van der Waals surface area (Å²) >= 11 is 0. The Morgan fingerprint density at radius 1 is 0.917 bits per heavy atom. The Morgan fingerprint density at radius 2 is 1.54 bits per heavy atom. The van der Waals surface area contributed by atoms with Gasteiger partial charge in [0, 0.05) is 5.56 Å². The SMILES string of the molecule is [B]c1nc(-c2ccc(C3(C)CCCCC3)cc2)ccc1C(C)(C)C. The van der Waals surface area contributed by atoms with E-state index in [0.717, 1.165) is 16.8 Å². The van der Waals surface area contributed by atoms with E-state index in [1.165, 1.54) is 37.7 Å². The Labute approximate surface area is 148 Å². The van der Waals surface area contributed by atoms with E-state index in [1.807, 2.05) is 0 Å². The lowest BCUT2D eigenvalue weighted by Crippen LogP contribution is -2.25. The summed E-state index contributed by atoms with van der Waals surface area (Å²) in [5.74, 6) is 0. The number of benzene rings is 1. The molecular formula is C22H28BN. The summed E-state index contributed by atoms with van der Waals surface area (Å²) in [4.78, 5) is 4.65. The highest BCUT2D eigenvalue weighted by atomic mass is 14.7. The van der Waals surface area contributed by atoms with E-state index in [9.17, 15) is 0 Å². The molecule has 0 unspecified atom stereocenters. The lowest BCUT2D eigenvalue weighted by Gasteiger charge is -2.34. The van der Waals surface area contributed by atoms with E-state index in [2.05, 4.69) is 69.1 Å². The van der Waals surface area contributed by atoms with E-state index in [1.54, 1.807) is 0 Å². The van der Waals surface area contributed by atoms with Crippen LogP contribution < -0.4 is 5.59 Å². The van der Waals surface area contributed by atoms with Crippen LogP contribution in [-0.4, -0.2) is 12.8 Å². The highest BCUT2D eigenvalue weighted by molar-refractivity contribution is 6.32. The fourth-order valence-electron chi connectivity index (χ4n) is 3.93. The van der Waals surface area contributed by atoms with Gasteiger partial charge in [0.15, 0.2) is 0 Å². The molecule has 0 N–H and O–H groups in total. The second kappa shape index (κ2) is 6.39. The Morgan fingerprint density at radius 3 is 2.08 bits per heavy atom. The minimum atomic E-state index is 0.0229. The predicted octanol–water partition coefficient (Wildman–Crippen LogP) is 5.06. The molecule has 3 rings (SSSR count). The van der Waals surface area contributed by atoms with Crippen LogP contribution in [0.25, 0.3) is 11.3 Å². The van der Waals surface area contributed by atoms with Gasteiger partial charge in [0.2, 0.25) is 0 Å². The van der Waals surface area contributed by atoms with Gasteiger partial charge >= 0.3 is 0 Å². The largest absolute Gasteiger partial charge is 0.264 e. The average Bonchev–Trinajstić information content (AvgIpc) is 2.54. The third kappa shape index (κ3) is 3.43. The highest BCUT2D eigenvalue weighted by Crippen LogP contribution is 2.39. The zero-order chi connectivity index (χ0) is 17.4. The molecular weight excluding hydrogens is 289 g/mol. The van der Waals surface area contributed by atoms with Crippen LogP contribution in [0.3, 0.4) is 0 Å². The first-order chi connectivity index (χ1) is 11.3. The van der Waals surface area contributed by atoms with Crippen molar-refractivity contribution >= 4 is 13.4 Å². The number of hydrogen-bond donors (Lipinski definition) is 0. The van der Waals surface area contributed by atoms with Crippen molar-refractivity contribution in [1.82, 2.24) is 4.98 Å². The van der Waals surface area contributed by atoms with Crippen molar-refractivity contribution in [1.29, 1.82) is 0 Å². The normalized spacial score (nSPS) is 17.7. The van der Waals surface area contributed by atoms with Crippen molar-refractivity contribution in [3.63, 3.8) is 0 Å². The predicted molar refractivity (Wildman–Crippen MR) is 104 cm³/mol. The van der Waals surface area contributed by atoms with Crippen molar-refractivity contribution < 1.29 is 0 Å². The summed E-state index contributed by atoms with van der Waals surface area (Å²) in [6.07, 6.45) is 6.70. The van der Waals surface area contributed by atoms with Crippen LogP contribution in [0.1, 0.15) is 70.9 Å². The van der Waals surface area contributed by atoms with Gasteiger partial charge in [-0.15, -0.1) is 0 Å². The van der Waals surface area contributed by atoms with Crippen LogP contribution in [0.5, 0.6) is 0 Å². The van der Waals surface area contributed by atoms with Gasteiger partial charge < -0.3 is 0 Å². The summed E-state index contributed by atoms with van der Waals surface area (Å²) in [7, 11) is 6.20. The minimum absolute atomic E-state index is 0.0229. The molecule has 0 aliphatic heterocycles. The van der Waals surface area contributed by atoms with E-state index in [4.69, 9.17) is 7.85 Å². The smallest absolute Gasteiger partial charge is 0.142 e. The summed E-state index contributed by atoms with van der Waals surface area (Å²) in [6, 6.07) is 13.2. The van der Waals surface area contributed by atoms with Gasteiger partial charge in [-0.1, -0.05) is 77.3 Å². The average molecular weight is 317 g/mol. The van der Waals surface area contributed by atoms with Crippen LogP contribution in [0.4, 0.5) is 0 Å². The van der Waals surface area contributed by atoms with Gasteiger partial charge in [-0.05, 0) is 46.5 Å². The Kier molecular flexibility index (Phi) is 4.59. The molecule has 1 saturated carbocycles.